The van der Waals surface area contributed by atoms with Gasteiger partial charge in [-0.15, -0.1) is 0 Å². The molecule has 3 nitrogen and oxygen atoms in total. The molecule has 0 aliphatic heterocycles. The van der Waals surface area contributed by atoms with Gasteiger partial charge in [0.2, 0.25) is 0 Å². The van der Waals surface area contributed by atoms with Crippen molar-refractivity contribution in [2.24, 2.45) is 0 Å². The molecule has 0 aliphatic carbocycles. The number of hydrogen-bond acceptors (Lipinski definition) is 3. The Balaban J connectivity index is 2.94. The summed E-state index contributed by atoms with van der Waals surface area (Å²) < 4.78 is 38.5. The van der Waals surface area contributed by atoms with Gasteiger partial charge in [0.1, 0.15) is 0 Å². The highest BCUT2D eigenvalue weighted by Gasteiger charge is 2.28. The lowest BCUT2D eigenvalue weighted by molar-refractivity contribution is -0.0328. The van der Waals surface area contributed by atoms with Gasteiger partial charge < -0.3 is 5.32 Å². The van der Waals surface area contributed by atoms with E-state index in [1.54, 1.807) is 4.68 Å². The van der Waals surface area contributed by atoms with E-state index in [1.807, 2.05) is 20.8 Å². The van der Waals surface area contributed by atoms with Crippen molar-refractivity contribution in [3.63, 3.8) is 0 Å². The van der Waals surface area contributed by atoms with Crippen LogP contribution in [-0.2, 0) is 19.4 Å². The maximum Gasteiger partial charge on any atom is 0.441 e. The summed E-state index contributed by atoms with van der Waals surface area (Å²) >= 11 is 0.0125. The van der Waals surface area contributed by atoms with Gasteiger partial charge in [0.05, 0.1) is 12.2 Å². The number of hydrogen-bond donors (Lipinski definition) is 1. The smallest absolute Gasteiger partial charge is 0.310 e. The van der Waals surface area contributed by atoms with Crippen LogP contribution in [-0.4, -0.2) is 27.6 Å². The van der Waals surface area contributed by atoms with Gasteiger partial charge in [-0.05, 0) is 38.1 Å². The fourth-order valence-electron chi connectivity index (χ4n) is 2.54. The number of halogens is 3. The molecule has 1 heterocycles. The molecule has 122 valence electrons. The monoisotopic (exact) mass is 323 g/mol. The molecule has 0 aromatic carbocycles. The highest BCUT2D eigenvalue weighted by atomic mass is 32.2. The third-order valence-corrected chi connectivity index (χ3v) is 4.07. The zero-order chi connectivity index (χ0) is 16.0. The summed E-state index contributed by atoms with van der Waals surface area (Å²) in [6, 6.07) is 0.170. The molecule has 1 aromatic rings. The first-order valence-electron chi connectivity index (χ1n) is 7.36. The highest BCUT2D eigenvalue weighted by Crippen LogP contribution is 2.30. The molecule has 0 spiro atoms. The van der Waals surface area contributed by atoms with Crippen molar-refractivity contribution in [2.75, 3.05) is 12.3 Å². The molecule has 0 saturated heterocycles. The van der Waals surface area contributed by atoms with Crippen LogP contribution in [0, 0.1) is 0 Å². The number of alkyl halides is 3. The first-order valence-corrected chi connectivity index (χ1v) is 8.35. The summed E-state index contributed by atoms with van der Waals surface area (Å²) in [4.78, 5) is 0. The van der Waals surface area contributed by atoms with Crippen LogP contribution in [0.4, 0.5) is 13.2 Å². The minimum absolute atomic E-state index is 0.00361. The lowest BCUT2D eigenvalue weighted by Crippen LogP contribution is -2.20. The zero-order valence-electron chi connectivity index (χ0n) is 13.0. The van der Waals surface area contributed by atoms with Crippen LogP contribution < -0.4 is 5.32 Å². The van der Waals surface area contributed by atoms with Crippen molar-refractivity contribution in [3.05, 3.63) is 17.0 Å². The van der Waals surface area contributed by atoms with Crippen LogP contribution in [0.25, 0.3) is 0 Å². The Morgan fingerprint density at radius 3 is 2.38 bits per heavy atom. The molecule has 1 atom stereocenters. The molecule has 7 heteroatoms. The number of aryl methyl sites for hydroxylation is 2. The Morgan fingerprint density at radius 2 is 1.90 bits per heavy atom. The minimum atomic E-state index is -4.17. The molecule has 0 fully saturated rings. The largest absolute Gasteiger partial charge is 0.441 e. The number of aromatic nitrogens is 2. The molecule has 1 aromatic heterocycles. The van der Waals surface area contributed by atoms with E-state index in [0.29, 0.717) is 6.54 Å². The number of thioether (sulfide) groups is 1. The Labute approximate surface area is 128 Å². The van der Waals surface area contributed by atoms with Crippen LogP contribution >= 0.6 is 11.8 Å². The van der Waals surface area contributed by atoms with E-state index >= 15 is 0 Å². The highest BCUT2D eigenvalue weighted by molar-refractivity contribution is 8.00. The van der Waals surface area contributed by atoms with Gasteiger partial charge in [-0.1, -0.05) is 20.8 Å². The normalized spacial score (nSPS) is 13.7. The molecule has 0 aliphatic rings. The van der Waals surface area contributed by atoms with Crippen molar-refractivity contribution < 1.29 is 13.2 Å². The average Bonchev–Trinajstić information content (AvgIpc) is 2.75. The van der Waals surface area contributed by atoms with Gasteiger partial charge in [0.25, 0.3) is 0 Å². The van der Waals surface area contributed by atoms with Crippen molar-refractivity contribution in [3.8, 4) is 0 Å². The number of rotatable bonds is 8. The molecule has 1 N–H and O–H groups in total. The molecule has 0 bridgehead atoms. The lowest BCUT2D eigenvalue weighted by Gasteiger charge is -2.15. The van der Waals surface area contributed by atoms with E-state index in [1.165, 1.54) is 0 Å². The maximum absolute atomic E-state index is 12.2. The quantitative estimate of drug-likeness (QED) is 0.786. The Hall–Kier alpha value is -0.690. The average molecular weight is 323 g/mol. The Kier molecular flexibility index (Phi) is 7.06. The van der Waals surface area contributed by atoms with E-state index in [9.17, 15) is 13.2 Å². The molecule has 0 amide bonds. The standard InChI is InChI=1S/C14H24F3N3S/c1-5-11-13(10(4)18-7-3)12(6-2)20(19-11)8-9-21-14(15,16)17/h10,18H,5-9H2,1-4H3. The molecule has 1 unspecified atom stereocenters. The first-order chi connectivity index (χ1) is 9.84. The van der Waals surface area contributed by atoms with E-state index in [0.717, 1.165) is 36.3 Å². The molecule has 0 radical (unpaired) electrons. The summed E-state index contributed by atoms with van der Waals surface area (Å²) in [5.41, 5.74) is -0.994. The molecule has 0 saturated carbocycles. The summed E-state index contributed by atoms with van der Waals surface area (Å²) in [6.45, 7) is 9.30. The van der Waals surface area contributed by atoms with Gasteiger partial charge in [-0.3, -0.25) is 4.68 Å². The van der Waals surface area contributed by atoms with Gasteiger partial charge >= 0.3 is 5.51 Å². The predicted molar refractivity (Wildman–Crippen MR) is 81.6 cm³/mol. The van der Waals surface area contributed by atoms with Gasteiger partial charge in [0.15, 0.2) is 0 Å². The van der Waals surface area contributed by atoms with Crippen LogP contribution in [0.1, 0.15) is 50.7 Å². The van der Waals surface area contributed by atoms with E-state index < -0.39 is 5.51 Å². The molecule has 1 rings (SSSR count). The second kappa shape index (κ2) is 8.08. The molecule has 21 heavy (non-hydrogen) atoms. The SMILES string of the molecule is CCNC(C)c1c(CC)nn(CCSC(F)(F)F)c1CC. The molecular weight excluding hydrogens is 299 g/mol. The van der Waals surface area contributed by atoms with E-state index in [2.05, 4.69) is 17.3 Å². The number of nitrogens with one attached hydrogen (secondary N) is 1. The zero-order valence-corrected chi connectivity index (χ0v) is 13.9. The van der Waals surface area contributed by atoms with E-state index in [-0.39, 0.29) is 23.6 Å². The fraction of sp³-hybridized carbons (Fsp3) is 0.786. The first kappa shape index (κ1) is 18.4. The summed E-state index contributed by atoms with van der Waals surface area (Å²) in [7, 11) is 0. The van der Waals surface area contributed by atoms with Gasteiger partial charge in [-0.2, -0.15) is 18.3 Å². The van der Waals surface area contributed by atoms with Crippen LogP contribution in [0.15, 0.2) is 0 Å². The number of nitrogens with zero attached hydrogens (tertiary/aromatic N) is 2. The van der Waals surface area contributed by atoms with Crippen molar-refractivity contribution >= 4 is 11.8 Å². The topological polar surface area (TPSA) is 29.9 Å². The Bertz CT molecular complexity index is 443. The van der Waals surface area contributed by atoms with Crippen LogP contribution in [0.5, 0.6) is 0 Å². The van der Waals surface area contributed by atoms with Gasteiger partial charge in [-0.25, -0.2) is 0 Å². The van der Waals surface area contributed by atoms with Crippen LogP contribution in [0.3, 0.4) is 0 Å². The molecular formula is C14H24F3N3S. The Morgan fingerprint density at radius 1 is 1.24 bits per heavy atom. The summed E-state index contributed by atoms with van der Waals surface area (Å²) in [5, 5.41) is 7.88. The lowest BCUT2D eigenvalue weighted by atomic mass is 10.0. The van der Waals surface area contributed by atoms with E-state index in [4.69, 9.17) is 0 Å². The second-order valence-electron chi connectivity index (χ2n) is 4.81. The minimum Gasteiger partial charge on any atom is -0.310 e. The maximum atomic E-state index is 12.2. The second-order valence-corrected chi connectivity index (χ2v) is 5.97. The summed E-state index contributed by atoms with van der Waals surface area (Å²) in [6.07, 6.45) is 1.56. The third-order valence-electron chi connectivity index (χ3n) is 3.36. The predicted octanol–water partition coefficient (Wildman–Crippen LogP) is 3.93. The summed E-state index contributed by atoms with van der Waals surface area (Å²) in [5.74, 6) is -0.00361. The van der Waals surface area contributed by atoms with Crippen LogP contribution in [0.2, 0.25) is 0 Å². The van der Waals surface area contributed by atoms with Crippen molar-refractivity contribution in [1.29, 1.82) is 0 Å². The fourth-order valence-corrected chi connectivity index (χ4v) is 3.04. The third kappa shape index (κ3) is 5.21. The van der Waals surface area contributed by atoms with Crippen molar-refractivity contribution in [2.45, 2.75) is 58.6 Å². The van der Waals surface area contributed by atoms with Crippen molar-refractivity contribution in [1.82, 2.24) is 15.1 Å². The van der Waals surface area contributed by atoms with Gasteiger partial charge in [0, 0.05) is 23.1 Å².